The molecule has 0 aliphatic carbocycles. The minimum Gasteiger partial charge on any atom is -0.465 e. The number of ether oxygens (including phenoxy) is 1. The maximum atomic E-state index is 10.9. The van der Waals surface area contributed by atoms with Crippen molar-refractivity contribution in [1.29, 1.82) is 0 Å². The maximum Gasteiger partial charge on any atom is 0.309 e. The van der Waals surface area contributed by atoms with Crippen molar-refractivity contribution in [3.63, 3.8) is 0 Å². The molecule has 0 heterocycles. The van der Waals surface area contributed by atoms with E-state index in [1.54, 1.807) is 12.2 Å². The average molecular weight is 169 g/mol. The molecule has 0 amide bonds. The first-order chi connectivity index (χ1) is 5.81. The zero-order valence-electron chi connectivity index (χ0n) is 7.71. The van der Waals surface area contributed by atoms with Gasteiger partial charge in [0.05, 0.1) is 13.0 Å². The van der Waals surface area contributed by atoms with E-state index < -0.39 is 0 Å². The summed E-state index contributed by atoms with van der Waals surface area (Å²) in [6.07, 6.45) is 6.89. The highest BCUT2D eigenvalue weighted by molar-refractivity contribution is 5.71. The summed E-state index contributed by atoms with van der Waals surface area (Å²) < 4.78 is 4.93. The number of unbranched alkanes of at least 4 members (excludes halogenated alkanes) is 2. The van der Waals surface area contributed by atoms with Gasteiger partial charge in [0.2, 0.25) is 0 Å². The van der Waals surface area contributed by atoms with Crippen LogP contribution in [0.15, 0.2) is 12.2 Å². The van der Waals surface area contributed by atoms with Crippen molar-refractivity contribution in [3.8, 4) is 0 Å². The van der Waals surface area contributed by atoms with Crippen LogP contribution >= 0.6 is 0 Å². The molecule has 0 rings (SSSR count). The van der Waals surface area contributed by atoms with E-state index in [9.17, 15) is 4.79 Å². The molecule has 12 heavy (non-hydrogen) atoms. The Morgan fingerprint density at radius 1 is 1.50 bits per heavy atom. The molecule has 0 saturated heterocycles. The van der Waals surface area contributed by atoms with Crippen LogP contribution in [0, 0.1) is 6.92 Å². The van der Waals surface area contributed by atoms with Crippen LogP contribution in [0.4, 0.5) is 0 Å². The highest BCUT2D eigenvalue weighted by Gasteiger charge is 1.97. The third kappa shape index (κ3) is 7.32. The van der Waals surface area contributed by atoms with E-state index in [2.05, 4.69) is 13.8 Å². The fraction of sp³-hybridized carbons (Fsp3) is 0.600. The molecule has 69 valence electrons. The SMILES string of the molecule is [CH2]C=CCC(=O)OCCCCC. The van der Waals surface area contributed by atoms with Crippen molar-refractivity contribution < 1.29 is 9.53 Å². The number of esters is 1. The van der Waals surface area contributed by atoms with Crippen molar-refractivity contribution in [2.75, 3.05) is 6.61 Å². The molecule has 0 fully saturated rings. The van der Waals surface area contributed by atoms with Crippen LogP contribution in [0.3, 0.4) is 0 Å². The Labute approximate surface area is 74.6 Å². The summed E-state index contributed by atoms with van der Waals surface area (Å²) in [6, 6.07) is 0. The number of rotatable bonds is 6. The van der Waals surface area contributed by atoms with Gasteiger partial charge in [0, 0.05) is 0 Å². The van der Waals surface area contributed by atoms with Crippen LogP contribution in [0.5, 0.6) is 0 Å². The lowest BCUT2D eigenvalue weighted by Gasteiger charge is -2.01. The van der Waals surface area contributed by atoms with E-state index in [4.69, 9.17) is 4.74 Å². The van der Waals surface area contributed by atoms with Crippen LogP contribution < -0.4 is 0 Å². The lowest BCUT2D eigenvalue weighted by Crippen LogP contribution is -2.03. The average Bonchev–Trinajstić information content (AvgIpc) is 2.09. The van der Waals surface area contributed by atoms with Crippen molar-refractivity contribution in [2.45, 2.75) is 32.6 Å². The second-order valence-electron chi connectivity index (χ2n) is 2.60. The Kier molecular flexibility index (Phi) is 7.76. The van der Waals surface area contributed by atoms with Crippen molar-refractivity contribution in [3.05, 3.63) is 19.1 Å². The van der Waals surface area contributed by atoms with E-state index in [0.29, 0.717) is 13.0 Å². The third-order valence-corrected chi connectivity index (χ3v) is 1.46. The summed E-state index contributed by atoms with van der Waals surface area (Å²) in [4.78, 5) is 10.9. The largest absolute Gasteiger partial charge is 0.465 e. The molecule has 0 saturated carbocycles. The number of carbonyl (C=O) groups excluding carboxylic acids is 1. The normalized spacial score (nSPS) is 10.5. The number of carbonyl (C=O) groups is 1. The summed E-state index contributed by atoms with van der Waals surface area (Å²) in [6.45, 7) is 6.15. The summed E-state index contributed by atoms with van der Waals surface area (Å²) in [5.74, 6) is -0.161. The fourth-order valence-electron chi connectivity index (χ4n) is 0.777. The lowest BCUT2D eigenvalue weighted by molar-refractivity contribution is -0.142. The van der Waals surface area contributed by atoms with Crippen LogP contribution in [-0.2, 0) is 9.53 Å². The molecule has 0 aromatic rings. The van der Waals surface area contributed by atoms with Crippen molar-refractivity contribution in [1.82, 2.24) is 0 Å². The van der Waals surface area contributed by atoms with E-state index >= 15 is 0 Å². The van der Waals surface area contributed by atoms with Gasteiger partial charge in [0.25, 0.3) is 0 Å². The summed E-state index contributed by atoms with van der Waals surface area (Å²) >= 11 is 0. The summed E-state index contributed by atoms with van der Waals surface area (Å²) in [5, 5.41) is 0. The Morgan fingerprint density at radius 2 is 2.25 bits per heavy atom. The quantitative estimate of drug-likeness (QED) is 0.451. The Bertz CT molecular complexity index is 139. The van der Waals surface area contributed by atoms with Gasteiger partial charge in [-0.3, -0.25) is 4.79 Å². The number of hydrogen-bond donors (Lipinski definition) is 0. The highest BCUT2D eigenvalue weighted by Crippen LogP contribution is 1.96. The molecular formula is C10H17O2. The van der Waals surface area contributed by atoms with Gasteiger partial charge >= 0.3 is 5.97 Å². The first kappa shape index (κ1) is 11.2. The molecule has 0 N–H and O–H groups in total. The standard InChI is InChI=1S/C10H17O2/c1-3-5-7-9-12-10(11)8-6-4-2/h4,6H,2-3,5,7-9H2,1H3. The molecule has 0 aromatic heterocycles. The van der Waals surface area contributed by atoms with Gasteiger partial charge < -0.3 is 4.74 Å². The summed E-state index contributed by atoms with van der Waals surface area (Å²) in [7, 11) is 0. The van der Waals surface area contributed by atoms with Gasteiger partial charge in [-0.1, -0.05) is 31.9 Å². The first-order valence-corrected chi connectivity index (χ1v) is 4.41. The molecule has 2 nitrogen and oxygen atoms in total. The summed E-state index contributed by atoms with van der Waals surface area (Å²) in [5.41, 5.74) is 0. The second-order valence-corrected chi connectivity index (χ2v) is 2.60. The zero-order chi connectivity index (χ0) is 9.23. The van der Waals surface area contributed by atoms with Crippen LogP contribution in [0.25, 0.3) is 0 Å². The van der Waals surface area contributed by atoms with E-state index in [-0.39, 0.29) is 5.97 Å². The highest BCUT2D eigenvalue weighted by atomic mass is 16.5. The lowest BCUT2D eigenvalue weighted by atomic mass is 10.3. The zero-order valence-corrected chi connectivity index (χ0v) is 7.71. The molecule has 1 radical (unpaired) electrons. The third-order valence-electron chi connectivity index (χ3n) is 1.46. The van der Waals surface area contributed by atoms with Gasteiger partial charge in [-0.25, -0.2) is 0 Å². The first-order valence-electron chi connectivity index (χ1n) is 4.41. The van der Waals surface area contributed by atoms with Crippen LogP contribution in [0.1, 0.15) is 32.6 Å². The predicted molar refractivity (Wildman–Crippen MR) is 49.6 cm³/mol. The van der Waals surface area contributed by atoms with Crippen molar-refractivity contribution in [2.24, 2.45) is 0 Å². The van der Waals surface area contributed by atoms with Gasteiger partial charge in [-0.15, -0.1) is 0 Å². The minimum absolute atomic E-state index is 0.161. The maximum absolute atomic E-state index is 10.9. The minimum atomic E-state index is -0.161. The van der Waals surface area contributed by atoms with E-state index in [0.717, 1.165) is 19.3 Å². The molecule has 0 bridgehead atoms. The molecule has 2 heteroatoms. The van der Waals surface area contributed by atoms with Crippen LogP contribution in [0.2, 0.25) is 0 Å². The van der Waals surface area contributed by atoms with Gasteiger partial charge in [-0.05, 0) is 13.3 Å². The van der Waals surface area contributed by atoms with Crippen LogP contribution in [-0.4, -0.2) is 12.6 Å². The van der Waals surface area contributed by atoms with Gasteiger partial charge in [0.15, 0.2) is 0 Å². The molecule has 0 spiro atoms. The monoisotopic (exact) mass is 169 g/mol. The molecular weight excluding hydrogens is 152 g/mol. The Morgan fingerprint density at radius 3 is 2.83 bits per heavy atom. The smallest absolute Gasteiger partial charge is 0.309 e. The molecule has 0 aliphatic heterocycles. The van der Waals surface area contributed by atoms with Crippen molar-refractivity contribution >= 4 is 5.97 Å². The molecule has 0 atom stereocenters. The Hall–Kier alpha value is -0.790. The van der Waals surface area contributed by atoms with E-state index in [1.807, 2.05) is 0 Å². The molecule has 0 unspecified atom stereocenters. The van der Waals surface area contributed by atoms with Gasteiger partial charge in [0.1, 0.15) is 0 Å². The number of hydrogen-bond acceptors (Lipinski definition) is 2. The second kappa shape index (κ2) is 8.31. The Balaban J connectivity index is 3.20. The number of allylic oxidation sites excluding steroid dienone is 1. The van der Waals surface area contributed by atoms with E-state index in [1.165, 1.54) is 0 Å². The fourth-order valence-corrected chi connectivity index (χ4v) is 0.777. The molecule has 0 aromatic carbocycles. The predicted octanol–water partition coefficient (Wildman–Crippen LogP) is 2.50. The molecule has 0 aliphatic rings. The van der Waals surface area contributed by atoms with Gasteiger partial charge in [-0.2, -0.15) is 0 Å². The topological polar surface area (TPSA) is 26.3 Å².